The highest BCUT2D eigenvalue weighted by molar-refractivity contribution is 6.04. The van der Waals surface area contributed by atoms with Gasteiger partial charge in [0.1, 0.15) is 0 Å². The first-order valence-corrected chi connectivity index (χ1v) is 7.99. The maximum atomic E-state index is 12.5. The van der Waals surface area contributed by atoms with Crippen molar-refractivity contribution in [1.82, 2.24) is 0 Å². The van der Waals surface area contributed by atoms with E-state index in [2.05, 4.69) is 20.8 Å². The summed E-state index contributed by atoms with van der Waals surface area (Å²) < 4.78 is 9.86. The summed E-state index contributed by atoms with van der Waals surface area (Å²) in [5, 5.41) is 0. The Labute approximate surface area is 138 Å². The maximum Gasteiger partial charge on any atom is 0.339 e. The lowest BCUT2D eigenvalue weighted by atomic mass is 9.63. The van der Waals surface area contributed by atoms with Gasteiger partial charge in [0.25, 0.3) is 0 Å². The van der Waals surface area contributed by atoms with Gasteiger partial charge in [0.2, 0.25) is 0 Å². The van der Waals surface area contributed by atoms with Crippen molar-refractivity contribution in [2.75, 3.05) is 14.2 Å². The fourth-order valence-corrected chi connectivity index (χ4v) is 3.81. The smallest absolute Gasteiger partial charge is 0.339 e. The van der Waals surface area contributed by atoms with Gasteiger partial charge < -0.3 is 9.47 Å². The molecule has 0 heterocycles. The molecule has 4 nitrogen and oxygen atoms in total. The van der Waals surface area contributed by atoms with E-state index in [0.717, 1.165) is 30.4 Å². The lowest BCUT2D eigenvalue weighted by Crippen LogP contribution is -2.36. The molecule has 1 aliphatic carbocycles. The fourth-order valence-electron chi connectivity index (χ4n) is 3.81. The number of ether oxygens (including phenoxy) is 2. The van der Waals surface area contributed by atoms with Crippen LogP contribution in [0.3, 0.4) is 0 Å². The van der Waals surface area contributed by atoms with Crippen LogP contribution in [0.1, 0.15) is 71.9 Å². The molecule has 0 N–H and O–H groups in total. The SMILES string of the molecule is COC(=O)c1cc(C)cc([C@]2(C)CCCC2(C)C)c1C(=O)OC. The van der Waals surface area contributed by atoms with E-state index in [1.807, 2.05) is 13.0 Å². The number of aryl methyl sites for hydroxylation is 1. The number of carbonyl (C=O) groups excluding carboxylic acids is 2. The molecular weight excluding hydrogens is 292 g/mol. The van der Waals surface area contributed by atoms with Crippen molar-refractivity contribution in [1.29, 1.82) is 0 Å². The summed E-state index contributed by atoms with van der Waals surface area (Å²) in [4.78, 5) is 24.7. The fraction of sp³-hybridized carbons (Fsp3) is 0.579. The zero-order valence-electron chi connectivity index (χ0n) is 14.9. The first-order valence-electron chi connectivity index (χ1n) is 7.99. The second-order valence-corrected chi connectivity index (χ2v) is 7.29. The number of hydrogen-bond donors (Lipinski definition) is 0. The molecule has 0 radical (unpaired) electrons. The minimum Gasteiger partial charge on any atom is -0.465 e. The third kappa shape index (κ3) is 2.75. The molecule has 1 atom stereocenters. The largest absolute Gasteiger partial charge is 0.465 e. The number of hydrogen-bond acceptors (Lipinski definition) is 4. The van der Waals surface area contributed by atoms with Crippen LogP contribution in [0.5, 0.6) is 0 Å². The van der Waals surface area contributed by atoms with Crippen molar-refractivity contribution in [2.45, 2.75) is 52.4 Å². The van der Waals surface area contributed by atoms with E-state index in [1.54, 1.807) is 6.07 Å². The van der Waals surface area contributed by atoms with Crippen molar-refractivity contribution in [3.63, 3.8) is 0 Å². The summed E-state index contributed by atoms with van der Waals surface area (Å²) in [5.74, 6) is -0.987. The van der Waals surface area contributed by atoms with Gasteiger partial charge >= 0.3 is 11.9 Å². The second kappa shape index (κ2) is 5.99. The summed E-state index contributed by atoms with van der Waals surface area (Å²) in [5.41, 5.74) is 2.33. The maximum absolute atomic E-state index is 12.5. The third-order valence-electron chi connectivity index (χ3n) is 5.64. The van der Waals surface area contributed by atoms with E-state index in [9.17, 15) is 9.59 Å². The van der Waals surface area contributed by atoms with E-state index in [1.165, 1.54) is 14.2 Å². The molecule has 126 valence electrons. The number of carbonyl (C=O) groups is 2. The van der Waals surface area contributed by atoms with Gasteiger partial charge in [-0.1, -0.05) is 33.3 Å². The monoisotopic (exact) mass is 318 g/mol. The molecule has 1 fully saturated rings. The highest BCUT2D eigenvalue weighted by Gasteiger charge is 2.48. The van der Waals surface area contributed by atoms with Gasteiger partial charge in [-0.05, 0) is 47.8 Å². The van der Waals surface area contributed by atoms with Crippen LogP contribution in [0, 0.1) is 12.3 Å². The predicted octanol–water partition coefficient (Wildman–Crippen LogP) is 4.04. The van der Waals surface area contributed by atoms with E-state index in [-0.39, 0.29) is 10.8 Å². The Balaban J connectivity index is 2.80. The molecule has 0 bridgehead atoms. The number of methoxy groups -OCH3 is 2. The molecule has 0 unspecified atom stereocenters. The minimum absolute atomic E-state index is 0.0386. The molecule has 0 aliphatic heterocycles. The molecule has 0 saturated heterocycles. The first kappa shape index (κ1) is 17.5. The third-order valence-corrected chi connectivity index (χ3v) is 5.64. The van der Waals surface area contributed by atoms with Gasteiger partial charge in [-0.25, -0.2) is 9.59 Å². The first-order chi connectivity index (χ1) is 10.7. The van der Waals surface area contributed by atoms with Crippen LogP contribution < -0.4 is 0 Å². The molecular formula is C19H26O4. The molecule has 23 heavy (non-hydrogen) atoms. The summed E-state index contributed by atoms with van der Waals surface area (Å²) in [6.45, 7) is 8.56. The zero-order valence-corrected chi connectivity index (χ0v) is 14.9. The molecule has 1 aromatic rings. The van der Waals surface area contributed by atoms with Crippen LogP contribution in [-0.4, -0.2) is 26.2 Å². The van der Waals surface area contributed by atoms with Crippen molar-refractivity contribution < 1.29 is 19.1 Å². The topological polar surface area (TPSA) is 52.6 Å². The Kier molecular flexibility index (Phi) is 4.56. The lowest BCUT2D eigenvalue weighted by molar-refractivity contribution is 0.0550. The highest BCUT2D eigenvalue weighted by atomic mass is 16.5. The van der Waals surface area contributed by atoms with Gasteiger partial charge in [0.15, 0.2) is 0 Å². The molecule has 0 aromatic heterocycles. The van der Waals surface area contributed by atoms with Crippen LogP contribution in [0.2, 0.25) is 0 Å². The molecule has 2 rings (SSSR count). The quantitative estimate of drug-likeness (QED) is 0.789. The molecule has 1 aliphatic rings. The number of rotatable bonds is 3. The van der Waals surface area contributed by atoms with Gasteiger partial charge in [-0.15, -0.1) is 0 Å². The van der Waals surface area contributed by atoms with Crippen molar-refractivity contribution in [3.8, 4) is 0 Å². The molecule has 1 aromatic carbocycles. The molecule has 4 heteroatoms. The Bertz CT molecular complexity index is 645. The van der Waals surface area contributed by atoms with Crippen LogP contribution in [0.25, 0.3) is 0 Å². The van der Waals surface area contributed by atoms with Crippen molar-refractivity contribution in [2.24, 2.45) is 5.41 Å². The average molecular weight is 318 g/mol. The summed E-state index contributed by atoms with van der Waals surface area (Å²) in [6, 6.07) is 3.72. The number of esters is 2. The summed E-state index contributed by atoms with van der Waals surface area (Å²) in [7, 11) is 2.67. The van der Waals surface area contributed by atoms with Gasteiger partial charge in [0, 0.05) is 0 Å². The molecule has 0 spiro atoms. The van der Waals surface area contributed by atoms with Gasteiger partial charge in [-0.2, -0.15) is 0 Å². The minimum atomic E-state index is -0.505. The Hall–Kier alpha value is -1.84. The molecule has 1 saturated carbocycles. The Morgan fingerprint density at radius 3 is 2.09 bits per heavy atom. The van der Waals surface area contributed by atoms with Crippen LogP contribution >= 0.6 is 0 Å². The number of benzene rings is 1. The Morgan fingerprint density at radius 2 is 1.61 bits per heavy atom. The van der Waals surface area contributed by atoms with Crippen molar-refractivity contribution in [3.05, 3.63) is 34.4 Å². The lowest BCUT2D eigenvalue weighted by Gasteiger charge is -2.40. The van der Waals surface area contributed by atoms with E-state index in [4.69, 9.17) is 9.47 Å². The Morgan fingerprint density at radius 1 is 1.00 bits per heavy atom. The summed E-state index contributed by atoms with van der Waals surface area (Å²) >= 11 is 0. The van der Waals surface area contributed by atoms with Crippen LogP contribution in [-0.2, 0) is 14.9 Å². The normalized spacial score (nSPS) is 22.7. The standard InChI is InChI=1S/C19H26O4/c1-12-10-13(16(20)22-5)15(17(21)23-6)14(11-12)19(4)9-7-8-18(19,2)3/h10-11H,7-9H2,1-6H3/t19-/m0/s1. The van der Waals surface area contributed by atoms with Crippen molar-refractivity contribution >= 4 is 11.9 Å². The highest BCUT2D eigenvalue weighted by Crippen LogP contribution is 2.55. The van der Waals surface area contributed by atoms with Crippen LogP contribution in [0.4, 0.5) is 0 Å². The predicted molar refractivity (Wildman–Crippen MR) is 88.8 cm³/mol. The van der Waals surface area contributed by atoms with E-state index >= 15 is 0 Å². The van der Waals surface area contributed by atoms with Gasteiger partial charge in [-0.3, -0.25) is 0 Å². The van der Waals surface area contributed by atoms with E-state index in [0.29, 0.717) is 11.1 Å². The van der Waals surface area contributed by atoms with Gasteiger partial charge in [0.05, 0.1) is 25.3 Å². The summed E-state index contributed by atoms with van der Waals surface area (Å²) in [6.07, 6.45) is 3.17. The van der Waals surface area contributed by atoms with E-state index < -0.39 is 11.9 Å². The second-order valence-electron chi connectivity index (χ2n) is 7.29. The average Bonchev–Trinajstić information content (AvgIpc) is 2.79. The molecule has 0 amide bonds. The van der Waals surface area contributed by atoms with Crippen LogP contribution in [0.15, 0.2) is 12.1 Å². The zero-order chi connectivity index (χ0) is 17.4.